The Kier molecular flexibility index (Phi) is 4.29. The zero-order chi connectivity index (χ0) is 16.3. The number of carbonyl (C=O) groups excluding carboxylic acids is 1. The van der Waals surface area contributed by atoms with Crippen LogP contribution in [0.25, 0.3) is 0 Å². The van der Waals surface area contributed by atoms with Gasteiger partial charge in [0.05, 0.1) is 5.56 Å². The van der Waals surface area contributed by atoms with Gasteiger partial charge in [-0.1, -0.05) is 5.16 Å². The van der Waals surface area contributed by atoms with Gasteiger partial charge < -0.3 is 14.6 Å². The number of alkyl halides is 5. The van der Waals surface area contributed by atoms with Crippen molar-refractivity contribution < 1.29 is 36.0 Å². The van der Waals surface area contributed by atoms with E-state index in [9.17, 15) is 26.7 Å². The Labute approximate surface area is 119 Å². The highest BCUT2D eigenvalue weighted by Crippen LogP contribution is 2.38. The standard InChI is InChI=1S/C12H7F5N2O3/c13-11(14)22-9-2-1-6(5-7(9)12(15,16)17)18-10(20)8-3-4-21-19-8/h1-5,11H,(H,18,20). The molecule has 0 radical (unpaired) electrons. The predicted molar refractivity (Wildman–Crippen MR) is 62.5 cm³/mol. The van der Waals surface area contributed by atoms with Gasteiger partial charge in [0.1, 0.15) is 12.0 Å². The van der Waals surface area contributed by atoms with Crippen LogP contribution in [0.2, 0.25) is 0 Å². The Hall–Kier alpha value is -2.65. The van der Waals surface area contributed by atoms with E-state index in [1.54, 1.807) is 0 Å². The van der Waals surface area contributed by atoms with Gasteiger partial charge in [0, 0.05) is 11.8 Å². The number of amides is 1. The molecule has 0 aliphatic rings. The van der Waals surface area contributed by atoms with Crippen LogP contribution in [0.3, 0.4) is 0 Å². The molecule has 0 fully saturated rings. The van der Waals surface area contributed by atoms with E-state index in [1.165, 1.54) is 6.07 Å². The number of rotatable bonds is 4. The lowest BCUT2D eigenvalue weighted by Gasteiger charge is -2.15. The van der Waals surface area contributed by atoms with Gasteiger partial charge in [0.15, 0.2) is 5.69 Å². The van der Waals surface area contributed by atoms with Gasteiger partial charge in [-0.05, 0) is 18.2 Å². The topological polar surface area (TPSA) is 64.4 Å². The molecule has 0 aliphatic carbocycles. The Morgan fingerprint density at radius 3 is 2.55 bits per heavy atom. The van der Waals surface area contributed by atoms with Crippen LogP contribution in [-0.2, 0) is 6.18 Å². The maximum Gasteiger partial charge on any atom is 0.420 e. The molecule has 1 amide bonds. The van der Waals surface area contributed by atoms with Crippen molar-refractivity contribution in [3.8, 4) is 5.75 Å². The van der Waals surface area contributed by atoms with E-state index in [0.29, 0.717) is 12.1 Å². The van der Waals surface area contributed by atoms with Crippen LogP contribution < -0.4 is 10.1 Å². The van der Waals surface area contributed by atoms with E-state index in [-0.39, 0.29) is 11.4 Å². The number of ether oxygens (including phenoxy) is 1. The van der Waals surface area contributed by atoms with Crippen LogP contribution in [0, 0.1) is 0 Å². The van der Waals surface area contributed by atoms with Crippen LogP contribution in [0.1, 0.15) is 16.1 Å². The molecule has 0 spiro atoms. The molecule has 10 heteroatoms. The second kappa shape index (κ2) is 6.00. The number of benzene rings is 1. The number of anilines is 1. The molecule has 0 unspecified atom stereocenters. The molecule has 5 nitrogen and oxygen atoms in total. The summed E-state index contributed by atoms with van der Waals surface area (Å²) in [4.78, 5) is 11.6. The highest BCUT2D eigenvalue weighted by Gasteiger charge is 2.35. The van der Waals surface area contributed by atoms with Crippen LogP contribution in [-0.4, -0.2) is 17.7 Å². The minimum atomic E-state index is -4.93. The molecule has 0 saturated heterocycles. The Morgan fingerprint density at radius 2 is 2.00 bits per heavy atom. The molecule has 2 aromatic rings. The monoisotopic (exact) mass is 322 g/mol. The highest BCUT2D eigenvalue weighted by atomic mass is 19.4. The molecule has 1 aromatic heterocycles. The third-order valence-corrected chi connectivity index (χ3v) is 2.43. The summed E-state index contributed by atoms with van der Waals surface area (Å²) in [6.45, 7) is -3.41. The largest absolute Gasteiger partial charge is 0.434 e. The average Bonchev–Trinajstić information content (AvgIpc) is 2.92. The van der Waals surface area contributed by atoms with E-state index >= 15 is 0 Å². The molecule has 0 saturated carbocycles. The van der Waals surface area contributed by atoms with E-state index < -0.39 is 30.0 Å². The fourth-order valence-electron chi connectivity index (χ4n) is 1.55. The lowest BCUT2D eigenvalue weighted by molar-refractivity contribution is -0.141. The van der Waals surface area contributed by atoms with Crippen LogP contribution in [0.4, 0.5) is 27.6 Å². The Bertz CT molecular complexity index is 655. The average molecular weight is 322 g/mol. The Morgan fingerprint density at radius 1 is 1.27 bits per heavy atom. The zero-order valence-electron chi connectivity index (χ0n) is 10.5. The van der Waals surface area contributed by atoms with Gasteiger partial charge in [-0.15, -0.1) is 0 Å². The normalized spacial score (nSPS) is 11.5. The molecule has 2 rings (SSSR count). The fraction of sp³-hybridized carbons (Fsp3) is 0.167. The maximum absolute atomic E-state index is 12.8. The summed E-state index contributed by atoms with van der Waals surface area (Å²) in [7, 11) is 0. The first-order valence-electron chi connectivity index (χ1n) is 5.65. The summed E-state index contributed by atoms with van der Waals surface area (Å²) in [6, 6.07) is 3.36. The molecule has 22 heavy (non-hydrogen) atoms. The van der Waals surface area contributed by atoms with Gasteiger partial charge in [0.2, 0.25) is 0 Å². The minimum Gasteiger partial charge on any atom is -0.434 e. The van der Waals surface area contributed by atoms with Crippen molar-refractivity contribution in [3.05, 3.63) is 41.8 Å². The number of hydrogen-bond acceptors (Lipinski definition) is 4. The number of aromatic nitrogens is 1. The van der Waals surface area contributed by atoms with Crippen LogP contribution >= 0.6 is 0 Å². The molecular formula is C12H7F5N2O3. The third-order valence-electron chi connectivity index (χ3n) is 2.43. The van der Waals surface area contributed by atoms with E-state index in [2.05, 4.69) is 19.7 Å². The fourth-order valence-corrected chi connectivity index (χ4v) is 1.55. The molecule has 1 N–H and O–H groups in total. The first-order chi connectivity index (χ1) is 10.3. The van der Waals surface area contributed by atoms with Crippen molar-refractivity contribution in [2.45, 2.75) is 12.8 Å². The number of halogens is 5. The molecule has 118 valence electrons. The summed E-state index contributed by atoms with van der Waals surface area (Å²) in [5, 5.41) is 5.44. The Balaban J connectivity index is 2.28. The number of hydrogen-bond donors (Lipinski definition) is 1. The summed E-state index contributed by atoms with van der Waals surface area (Å²) >= 11 is 0. The maximum atomic E-state index is 12.8. The third kappa shape index (κ3) is 3.71. The minimum absolute atomic E-state index is 0.151. The van der Waals surface area contributed by atoms with Crippen LogP contribution in [0.5, 0.6) is 5.75 Å². The molecule has 0 bridgehead atoms. The number of carbonyl (C=O) groups is 1. The highest BCUT2D eigenvalue weighted by molar-refractivity contribution is 6.02. The lowest BCUT2D eigenvalue weighted by Crippen LogP contribution is -2.15. The van der Waals surface area contributed by atoms with Crippen molar-refractivity contribution in [1.82, 2.24) is 5.16 Å². The van der Waals surface area contributed by atoms with E-state index in [0.717, 1.165) is 12.3 Å². The van der Waals surface area contributed by atoms with E-state index in [4.69, 9.17) is 0 Å². The van der Waals surface area contributed by atoms with Crippen molar-refractivity contribution in [1.29, 1.82) is 0 Å². The SMILES string of the molecule is O=C(Nc1ccc(OC(F)F)c(C(F)(F)F)c1)c1ccon1. The van der Waals surface area contributed by atoms with Crippen LogP contribution in [0.15, 0.2) is 35.1 Å². The molecule has 1 aromatic carbocycles. The van der Waals surface area contributed by atoms with E-state index in [1.807, 2.05) is 0 Å². The first kappa shape index (κ1) is 15.7. The summed E-state index contributed by atoms with van der Waals surface area (Å²) in [5.74, 6) is -1.86. The van der Waals surface area contributed by atoms with Gasteiger partial charge in [-0.3, -0.25) is 4.79 Å². The number of nitrogens with one attached hydrogen (secondary N) is 1. The number of nitrogens with zero attached hydrogens (tertiary/aromatic N) is 1. The summed E-state index contributed by atoms with van der Waals surface area (Å²) in [5.41, 5.74) is -1.85. The summed E-state index contributed by atoms with van der Waals surface area (Å²) < 4.78 is 70.9. The smallest absolute Gasteiger partial charge is 0.420 e. The van der Waals surface area contributed by atoms with Gasteiger partial charge in [0.25, 0.3) is 5.91 Å². The quantitative estimate of drug-likeness (QED) is 0.875. The van der Waals surface area contributed by atoms with Crippen molar-refractivity contribution >= 4 is 11.6 Å². The second-order valence-electron chi connectivity index (χ2n) is 3.93. The second-order valence-corrected chi connectivity index (χ2v) is 3.93. The molecule has 0 aliphatic heterocycles. The van der Waals surface area contributed by atoms with Crippen molar-refractivity contribution in [2.75, 3.05) is 5.32 Å². The lowest BCUT2D eigenvalue weighted by atomic mass is 10.1. The molecule has 0 atom stereocenters. The zero-order valence-corrected chi connectivity index (χ0v) is 10.5. The summed E-state index contributed by atoms with van der Waals surface area (Å²) in [6.07, 6.45) is -3.82. The van der Waals surface area contributed by atoms with Crippen molar-refractivity contribution in [2.24, 2.45) is 0 Å². The van der Waals surface area contributed by atoms with Gasteiger partial charge in [-0.25, -0.2) is 0 Å². The predicted octanol–water partition coefficient (Wildman–Crippen LogP) is 3.55. The van der Waals surface area contributed by atoms with Gasteiger partial charge in [-0.2, -0.15) is 22.0 Å². The van der Waals surface area contributed by atoms with Crippen molar-refractivity contribution in [3.63, 3.8) is 0 Å². The van der Waals surface area contributed by atoms with Gasteiger partial charge >= 0.3 is 12.8 Å². The first-order valence-corrected chi connectivity index (χ1v) is 5.65. The molecular weight excluding hydrogens is 315 g/mol. The molecule has 1 heterocycles.